The van der Waals surface area contributed by atoms with Gasteiger partial charge in [0, 0.05) is 0 Å². The Labute approximate surface area is 74.0 Å². The summed E-state index contributed by atoms with van der Waals surface area (Å²) in [5.74, 6) is -0.954. The smallest absolute Gasteiger partial charge is 0.328 e. The molecule has 0 radical (unpaired) electrons. The lowest BCUT2D eigenvalue weighted by molar-refractivity contribution is -0.141. The molecule has 1 heterocycles. The third-order valence-corrected chi connectivity index (χ3v) is 1.77. The minimum absolute atomic E-state index is 0.101. The molecule has 1 atom stereocenters. The maximum Gasteiger partial charge on any atom is 0.328 e. The van der Waals surface area contributed by atoms with Crippen molar-refractivity contribution < 1.29 is 9.90 Å². The highest BCUT2D eigenvalue weighted by atomic mass is 35.5. The molecule has 1 aromatic rings. The zero-order valence-corrected chi connectivity index (χ0v) is 7.19. The zero-order valence-electron chi connectivity index (χ0n) is 6.44. The second kappa shape index (κ2) is 3.53. The van der Waals surface area contributed by atoms with E-state index in [4.69, 9.17) is 16.7 Å². The number of rotatable bonds is 3. The second-order valence-electron chi connectivity index (χ2n) is 2.24. The number of carbonyl (C=O) groups is 1. The number of hydrogen-bond donors (Lipinski definition) is 1. The van der Waals surface area contributed by atoms with E-state index >= 15 is 0 Å². The van der Waals surface area contributed by atoms with Crippen LogP contribution >= 0.6 is 11.6 Å². The fourth-order valence-electron chi connectivity index (χ4n) is 0.897. The first-order valence-corrected chi connectivity index (χ1v) is 3.82. The van der Waals surface area contributed by atoms with Crippen LogP contribution in [0.25, 0.3) is 0 Å². The summed E-state index contributed by atoms with van der Waals surface area (Å²) in [6.07, 6.45) is 1.66. The van der Waals surface area contributed by atoms with Crippen LogP contribution in [0.1, 0.15) is 19.4 Å². The fourth-order valence-corrected chi connectivity index (χ4v) is 1.10. The molecule has 1 rings (SSSR count). The number of aromatic nitrogens is 3. The van der Waals surface area contributed by atoms with Gasteiger partial charge in [0.25, 0.3) is 0 Å². The van der Waals surface area contributed by atoms with Crippen molar-refractivity contribution in [2.24, 2.45) is 0 Å². The lowest BCUT2D eigenvalue weighted by atomic mass is 10.2. The van der Waals surface area contributed by atoms with E-state index in [1.807, 2.05) is 0 Å². The molecular weight excluding hydrogens is 182 g/mol. The summed E-state index contributed by atoms with van der Waals surface area (Å²) in [6.45, 7) is 1.75. The quantitative estimate of drug-likeness (QED) is 0.769. The maximum atomic E-state index is 10.6. The van der Waals surface area contributed by atoms with Crippen molar-refractivity contribution in [2.45, 2.75) is 19.4 Å². The van der Waals surface area contributed by atoms with Gasteiger partial charge in [-0.25, -0.2) is 14.5 Å². The monoisotopic (exact) mass is 189 g/mol. The zero-order chi connectivity index (χ0) is 9.14. The van der Waals surface area contributed by atoms with Gasteiger partial charge in [-0.3, -0.25) is 0 Å². The molecule has 0 saturated heterocycles. The molecule has 0 aliphatic heterocycles. The number of carboxylic acid groups (broad SMARTS) is 1. The van der Waals surface area contributed by atoms with Crippen LogP contribution in [0.4, 0.5) is 0 Å². The molecule has 0 amide bonds. The summed E-state index contributed by atoms with van der Waals surface area (Å²) in [6, 6.07) is -0.722. The third kappa shape index (κ3) is 1.55. The molecule has 0 aromatic carbocycles. The van der Waals surface area contributed by atoms with Crippen LogP contribution in [-0.4, -0.2) is 25.8 Å². The van der Waals surface area contributed by atoms with Gasteiger partial charge >= 0.3 is 5.97 Å². The predicted octanol–water partition coefficient (Wildman–Crippen LogP) is 0.967. The van der Waals surface area contributed by atoms with E-state index < -0.39 is 12.0 Å². The summed E-state index contributed by atoms with van der Waals surface area (Å²) < 4.78 is 1.18. The highest BCUT2D eigenvalue weighted by molar-refractivity contribution is 6.28. The van der Waals surface area contributed by atoms with Crippen LogP contribution in [0.15, 0.2) is 6.33 Å². The Morgan fingerprint density at radius 1 is 1.92 bits per heavy atom. The van der Waals surface area contributed by atoms with Gasteiger partial charge in [-0.15, -0.1) is 0 Å². The Morgan fingerprint density at radius 3 is 2.92 bits per heavy atom. The molecule has 6 heteroatoms. The molecule has 12 heavy (non-hydrogen) atoms. The Kier molecular flexibility index (Phi) is 2.65. The first-order chi connectivity index (χ1) is 5.66. The number of hydrogen-bond acceptors (Lipinski definition) is 3. The highest BCUT2D eigenvalue weighted by Gasteiger charge is 2.20. The van der Waals surface area contributed by atoms with Gasteiger partial charge in [0.05, 0.1) is 0 Å². The van der Waals surface area contributed by atoms with Crippen molar-refractivity contribution in [3.05, 3.63) is 11.6 Å². The molecule has 0 spiro atoms. The summed E-state index contributed by atoms with van der Waals surface area (Å²) in [4.78, 5) is 14.3. The molecule has 0 aliphatic carbocycles. The molecule has 0 bridgehead atoms. The van der Waals surface area contributed by atoms with Crippen molar-refractivity contribution in [3.8, 4) is 0 Å². The highest BCUT2D eigenvalue weighted by Crippen LogP contribution is 2.14. The number of carboxylic acids is 1. The van der Waals surface area contributed by atoms with Gasteiger partial charge in [-0.05, 0) is 18.0 Å². The van der Waals surface area contributed by atoms with E-state index in [9.17, 15) is 4.79 Å². The largest absolute Gasteiger partial charge is 0.480 e. The molecule has 0 fully saturated rings. The van der Waals surface area contributed by atoms with Crippen LogP contribution in [-0.2, 0) is 4.79 Å². The van der Waals surface area contributed by atoms with Crippen molar-refractivity contribution in [1.29, 1.82) is 0 Å². The van der Waals surface area contributed by atoms with E-state index in [1.54, 1.807) is 6.92 Å². The standard InChI is InChI=1S/C6H8ClN3O2/c1-2-4(5(11)12)10-6(7)8-3-9-10/h3-4H,2H2,1H3,(H,11,12)/t4-/m1/s1. The molecule has 1 aromatic heterocycles. The van der Waals surface area contributed by atoms with E-state index in [1.165, 1.54) is 11.0 Å². The molecular formula is C6H8ClN3O2. The molecule has 0 aliphatic rings. The van der Waals surface area contributed by atoms with Gasteiger partial charge < -0.3 is 5.11 Å². The lowest BCUT2D eigenvalue weighted by Gasteiger charge is -2.09. The number of nitrogens with zero attached hydrogens (tertiary/aromatic N) is 3. The van der Waals surface area contributed by atoms with Crippen molar-refractivity contribution in [2.75, 3.05) is 0 Å². The van der Waals surface area contributed by atoms with E-state index in [0.717, 1.165) is 0 Å². The Morgan fingerprint density at radius 2 is 2.58 bits per heavy atom. The fraction of sp³-hybridized carbons (Fsp3) is 0.500. The van der Waals surface area contributed by atoms with E-state index in [2.05, 4.69) is 10.1 Å². The minimum Gasteiger partial charge on any atom is -0.480 e. The first-order valence-electron chi connectivity index (χ1n) is 3.44. The second-order valence-corrected chi connectivity index (χ2v) is 2.57. The average Bonchev–Trinajstić information content (AvgIpc) is 2.38. The van der Waals surface area contributed by atoms with Crippen molar-refractivity contribution in [3.63, 3.8) is 0 Å². The topological polar surface area (TPSA) is 68.0 Å². The summed E-state index contributed by atoms with van der Waals surface area (Å²) in [5, 5.41) is 12.5. The molecule has 0 unspecified atom stereocenters. The SMILES string of the molecule is CC[C@H](C(=O)O)n1ncnc1Cl. The molecule has 0 saturated carbocycles. The molecule has 1 N–H and O–H groups in total. The first kappa shape index (κ1) is 8.99. The van der Waals surface area contributed by atoms with E-state index in [0.29, 0.717) is 6.42 Å². The van der Waals surface area contributed by atoms with Gasteiger partial charge in [-0.2, -0.15) is 5.10 Å². The summed E-state index contributed by atoms with van der Waals surface area (Å²) >= 11 is 5.58. The van der Waals surface area contributed by atoms with Crippen LogP contribution in [0, 0.1) is 0 Å². The average molecular weight is 190 g/mol. The van der Waals surface area contributed by atoms with Gasteiger partial charge in [0.1, 0.15) is 6.33 Å². The van der Waals surface area contributed by atoms with Crippen LogP contribution in [0.3, 0.4) is 0 Å². The van der Waals surface area contributed by atoms with E-state index in [-0.39, 0.29) is 5.28 Å². The Balaban J connectivity index is 2.94. The van der Waals surface area contributed by atoms with Gasteiger partial charge in [0.2, 0.25) is 5.28 Å². The lowest BCUT2D eigenvalue weighted by Crippen LogP contribution is -2.19. The Hall–Kier alpha value is -1.10. The summed E-state index contributed by atoms with van der Waals surface area (Å²) in [7, 11) is 0. The normalized spacial score (nSPS) is 12.8. The van der Waals surface area contributed by atoms with Crippen LogP contribution in [0.2, 0.25) is 5.28 Å². The Bertz CT molecular complexity index is 286. The maximum absolute atomic E-state index is 10.6. The number of aliphatic carboxylic acids is 1. The minimum atomic E-state index is -0.954. The van der Waals surface area contributed by atoms with Crippen molar-refractivity contribution in [1.82, 2.24) is 14.8 Å². The number of halogens is 1. The third-order valence-electron chi connectivity index (χ3n) is 1.50. The van der Waals surface area contributed by atoms with Gasteiger partial charge in [0.15, 0.2) is 6.04 Å². The van der Waals surface area contributed by atoms with Gasteiger partial charge in [-0.1, -0.05) is 6.92 Å². The van der Waals surface area contributed by atoms with Crippen LogP contribution < -0.4 is 0 Å². The van der Waals surface area contributed by atoms with Crippen LogP contribution in [0.5, 0.6) is 0 Å². The molecule has 5 nitrogen and oxygen atoms in total. The summed E-state index contributed by atoms with van der Waals surface area (Å²) in [5.41, 5.74) is 0. The van der Waals surface area contributed by atoms with Crippen molar-refractivity contribution >= 4 is 17.6 Å². The molecule has 66 valence electrons. The predicted molar refractivity (Wildman–Crippen MR) is 42.0 cm³/mol.